The van der Waals surface area contributed by atoms with Crippen molar-refractivity contribution in [1.82, 2.24) is 9.71 Å². The molecule has 2 aromatic heterocycles. The number of fused-ring (bicyclic) bond motifs is 1. The first-order valence-electron chi connectivity index (χ1n) is 9.28. The summed E-state index contributed by atoms with van der Waals surface area (Å²) in [6.45, 7) is 2.09. The summed E-state index contributed by atoms with van der Waals surface area (Å²) < 4.78 is 29.1. The van der Waals surface area contributed by atoms with Crippen LogP contribution in [0.4, 0.5) is 0 Å². The fourth-order valence-electron chi connectivity index (χ4n) is 3.88. The lowest BCUT2D eigenvalue weighted by Crippen LogP contribution is -2.27. The van der Waals surface area contributed by atoms with Gasteiger partial charge in [-0.1, -0.05) is 55.5 Å². The van der Waals surface area contributed by atoms with Crippen molar-refractivity contribution in [1.29, 1.82) is 0 Å². The van der Waals surface area contributed by atoms with Gasteiger partial charge in [0, 0.05) is 22.9 Å². The van der Waals surface area contributed by atoms with Gasteiger partial charge in [-0.2, -0.15) is 0 Å². The maximum Gasteiger partial charge on any atom is 0.250 e. The maximum atomic E-state index is 12.9. The van der Waals surface area contributed by atoms with E-state index in [1.165, 1.54) is 16.9 Å². The van der Waals surface area contributed by atoms with E-state index < -0.39 is 10.0 Å². The second-order valence-electron chi connectivity index (χ2n) is 7.33. The molecule has 6 heteroatoms. The summed E-state index contributed by atoms with van der Waals surface area (Å²) in [5.41, 5.74) is 3.17. The van der Waals surface area contributed by atoms with Gasteiger partial charge in [-0.3, -0.25) is 0 Å². The van der Waals surface area contributed by atoms with Crippen molar-refractivity contribution < 1.29 is 8.42 Å². The van der Waals surface area contributed by atoms with Crippen molar-refractivity contribution in [2.24, 2.45) is 5.92 Å². The second-order valence-corrected chi connectivity index (χ2v) is 10.4. The van der Waals surface area contributed by atoms with E-state index in [-0.39, 0.29) is 12.0 Å². The molecule has 4 aromatic rings. The van der Waals surface area contributed by atoms with E-state index in [0.29, 0.717) is 10.1 Å². The summed E-state index contributed by atoms with van der Waals surface area (Å²) in [6, 6.07) is 23.7. The molecule has 2 aromatic carbocycles. The predicted molar refractivity (Wildman–Crippen MR) is 114 cm³/mol. The number of thiophene rings is 1. The van der Waals surface area contributed by atoms with Crippen LogP contribution >= 0.6 is 11.3 Å². The quantitative estimate of drug-likeness (QED) is 0.489. The highest BCUT2D eigenvalue weighted by atomic mass is 32.2. The predicted octanol–water partition coefficient (Wildman–Crippen LogP) is 4.98. The number of rotatable bonds is 5. The van der Waals surface area contributed by atoms with Crippen LogP contribution in [0.1, 0.15) is 18.4 Å². The monoisotopic (exact) mass is 408 g/mol. The standard InChI is InChI=1S/C22H20N2O2S2/c1-14-21(15-7-3-2-4-8-15)22(14)24-28(25,26)20-12-11-19(27-20)18-13-16-9-5-6-10-17(16)23-18/h2-14,21-24H,1H3/t14-,21-,22+/m1/s1. The minimum atomic E-state index is -3.53. The Hall–Kier alpha value is -2.41. The van der Waals surface area contributed by atoms with Crippen molar-refractivity contribution in [2.45, 2.75) is 23.1 Å². The number of sulfonamides is 1. The Morgan fingerprint density at radius 2 is 1.71 bits per heavy atom. The maximum absolute atomic E-state index is 12.9. The Bertz CT molecular complexity index is 1210. The van der Waals surface area contributed by atoms with Gasteiger partial charge in [0.1, 0.15) is 4.21 Å². The molecule has 3 atom stereocenters. The molecule has 0 radical (unpaired) electrons. The van der Waals surface area contributed by atoms with Gasteiger partial charge in [0.15, 0.2) is 0 Å². The summed E-state index contributed by atoms with van der Waals surface area (Å²) in [7, 11) is -3.53. The van der Waals surface area contributed by atoms with Gasteiger partial charge in [0.25, 0.3) is 0 Å². The zero-order valence-corrected chi connectivity index (χ0v) is 16.9. The number of aromatic nitrogens is 1. The molecule has 1 saturated carbocycles. The average Bonchev–Trinajstić information content (AvgIpc) is 3.12. The fourth-order valence-corrected chi connectivity index (χ4v) is 6.53. The normalized spacial score (nSPS) is 21.8. The number of H-pyrrole nitrogens is 1. The SMILES string of the molecule is C[C@H]1[C@H](NS(=O)(=O)c2ccc(-c3cc4ccccc4[nH]3)s2)[C@H]1c1ccccc1. The van der Waals surface area contributed by atoms with Gasteiger partial charge < -0.3 is 4.98 Å². The van der Waals surface area contributed by atoms with E-state index in [0.717, 1.165) is 21.5 Å². The van der Waals surface area contributed by atoms with Crippen LogP contribution in [-0.4, -0.2) is 19.4 Å². The summed E-state index contributed by atoms with van der Waals surface area (Å²) in [5, 5.41) is 1.12. The molecule has 1 aliphatic carbocycles. The molecule has 1 fully saturated rings. The minimum absolute atomic E-state index is 0.0500. The van der Waals surface area contributed by atoms with E-state index in [9.17, 15) is 8.42 Å². The lowest BCUT2D eigenvalue weighted by atomic mass is 10.1. The number of para-hydroxylation sites is 1. The van der Waals surface area contributed by atoms with Crippen LogP contribution in [0.25, 0.3) is 21.5 Å². The first kappa shape index (κ1) is 17.7. The molecule has 1 aliphatic rings. The Morgan fingerprint density at radius 1 is 0.964 bits per heavy atom. The molecule has 2 N–H and O–H groups in total. The zero-order chi connectivity index (χ0) is 19.3. The number of nitrogens with one attached hydrogen (secondary N) is 2. The van der Waals surface area contributed by atoms with Crippen LogP contribution in [0.2, 0.25) is 0 Å². The molecule has 0 bridgehead atoms. The zero-order valence-electron chi connectivity index (χ0n) is 15.3. The van der Waals surface area contributed by atoms with Crippen molar-refractivity contribution in [3.8, 4) is 10.6 Å². The van der Waals surface area contributed by atoms with Crippen molar-refractivity contribution in [2.75, 3.05) is 0 Å². The van der Waals surface area contributed by atoms with Crippen LogP contribution in [0.15, 0.2) is 77.0 Å². The smallest absolute Gasteiger partial charge is 0.250 e. The molecule has 0 unspecified atom stereocenters. The molecule has 0 aliphatic heterocycles. The molecule has 0 saturated heterocycles. The van der Waals surface area contributed by atoms with E-state index in [2.05, 4.69) is 34.8 Å². The molecule has 28 heavy (non-hydrogen) atoms. The number of aromatic amines is 1. The largest absolute Gasteiger partial charge is 0.354 e. The van der Waals surface area contributed by atoms with Crippen LogP contribution in [-0.2, 0) is 10.0 Å². The molecule has 5 rings (SSSR count). The first-order chi connectivity index (χ1) is 13.5. The van der Waals surface area contributed by atoms with Gasteiger partial charge in [-0.05, 0) is 35.7 Å². The lowest BCUT2D eigenvalue weighted by Gasteiger charge is -2.04. The fraction of sp³-hybridized carbons (Fsp3) is 0.182. The summed E-state index contributed by atoms with van der Waals surface area (Å²) >= 11 is 1.29. The van der Waals surface area contributed by atoms with E-state index in [1.807, 2.05) is 48.5 Å². The van der Waals surface area contributed by atoms with Crippen LogP contribution < -0.4 is 4.72 Å². The van der Waals surface area contributed by atoms with Crippen LogP contribution in [0, 0.1) is 5.92 Å². The lowest BCUT2D eigenvalue weighted by molar-refractivity contribution is 0.580. The third-order valence-electron chi connectivity index (χ3n) is 5.50. The number of hydrogen-bond donors (Lipinski definition) is 2. The third kappa shape index (κ3) is 3.07. The summed E-state index contributed by atoms with van der Waals surface area (Å²) in [5.74, 6) is 0.537. The van der Waals surface area contributed by atoms with Gasteiger partial charge in [-0.15, -0.1) is 11.3 Å². The molecule has 4 nitrogen and oxygen atoms in total. The van der Waals surface area contributed by atoms with Gasteiger partial charge in [0.2, 0.25) is 10.0 Å². The minimum Gasteiger partial charge on any atom is -0.354 e. The summed E-state index contributed by atoms with van der Waals surface area (Å²) in [6.07, 6.45) is 0. The Morgan fingerprint density at radius 3 is 2.50 bits per heavy atom. The third-order valence-corrected chi connectivity index (χ3v) is 8.57. The van der Waals surface area contributed by atoms with Crippen LogP contribution in [0.5, 0.6) is 0 Å². The Kier molecular flexibility index (Phi) is 4.16. The molecular weight excluding hydrogens is 388 g/mol. The number of hydrogen-bond acceptors (Lipinski definition) is 3. The molecule has 2 heterocycles. The number of benzene rings is 2. The highest BCUT2D eigenvalue weighted by molar-refractivity contribution is 7.91. The first-order valence-corrected chi connectivity index (χ1v) is 11.6. The molecule has 0 spiro atoms. The van der Waals surface area contributed by atoms with Crippen molar-refractivity contribution >= 4 is 32.3 Å². The highest BCUT2D eigenvalue weighted by Gasteiger charge is 2.49. The van der Waals surface area contributed by atoms with Gasteiger partial charge in [0.05, 0.1) is 10.6 Å². The van der Waals surface area contributed by atoms with Crippen LogP contribution in [0.3, 0.4) is 0 Å². The molecular formula is C22H20N2O2S2. The van der Waals surface area contributed by atoms with Gasteiger partial charge >= 0.3 is 0 Å². The highest BCUT2D eigenvalue weighted by Crippen LogP contribution is 2.48. The van der Waals surface area contributed by atoms with Gasteiger partial charge in [-0.25, -0.2) is 13.1 Å². The van der Waals surface area contributed by atoms with Crippen molar-refractivity contribution in [3.63, 3.8) is 0 Å². The molecule has 142 valence electrons. The summed E-state index contributed by atoms with van der Waals surface area (Å²) in [4.78, 5) is 4.28. The Balaban J connectivity index is 1.37. The second kappa shape index (κ2) is 6.58. The molecule has 0 amide bonds. The Labute approximate surface area is 168 Å². The van der Waals surface area contributed by atoms with E-state index in [4.69, 9.17) is 0 Å². The van der Waals surface area contributed by atoms with E-state index >= 15 is 0 Å². The van der Waals surface area contributed by atoms with Crippen molar-refractivity contribution in [3.05, 3.63) is 78.4 Å². The topological polar surface area (TPSA) is 62.0 Å². The average molecular weight is 409 g/mol. The van der Waals surface area contributed by atoms with E-state index in [1.54, 1.807) is 6.07 Å².